The molecule has 0 bridgehead atoms. The Labute approximate surface area is 84.4 Å². The molecule has 0 aromatic heterocycles. The molecule has 3 nitrogen and oxygen atoms in total. The Morgan fingerprint density at radius 3 is 1.93 bits per heavy atom. The van der Waals surface area contributed by atoms with Gasteiger partial charge in [-0.15, -0.1) is 0 Å². The molecule has 1 heterocycles. The van der Waals surface area contributed by atoms with Crippen LogP contribution in [0.5, 0.6) is 0 Å². The summed E-state index contributed by atoms with van der Waals surface area (Å²) in [7, 11) is -2.71. The zero-order valence-electron chi connectivity index (χ0n) is 8.09. The van der Waals surface area contributed by atoms with Gasteiger partial charge in [0.15, 0.2) is 9.84 Å². The van der Waals surface area contributed by atoms with Crippen LogP contribution < -0.4 is 0 Å². The van der Waals surface area contributed by atoms with Gasteiger partial charge >= 0.3 is 0 Å². The van der Waals surface area contributed by atoms with Crippen molar-refractivity contribution in [3.63, 3.8) is 0 Å². The van der Waals surface area contributed by atoms with Crippen molar-refractivity contribution in [3.8, 4) is 0 Å². The van der Waals surface area contributed by atoms with Crippen molar-refractivity contribution in [1.82, 2.24) is 0 Å². The van der Waals surface area contributed by atoms with Gasteiger partial charge in [0.2, 0.25) is 0 Å². The van der Waals surface area contributed by atoms with Gasteiger partial charge in [-0.25, -0.2) is 8.42 Å². The van der Waals surface area contributed by atoms with Crippen molar-refractivity contribution in [2.75, 3.05) is 18.1 Å². The molecule has 4 heteroatoms. The molecule has 14 heavy (non-hydrogen) atoms. The maximum absolute atomic E-state index is 11.4. The summed E-state index contributed by atoms with van der Waals surface area (Å²) in [6.07, 6.45) is 2.13. The molecule has 1 N–H and O–H groups in total. The lowest BCUT2D eigenvalue weighted by Crippen LogP contribution is -2.42. The average molecular weight is 216 g/mol. The van der Waals surface area contributed by atoms with Gasteiger partial charge in [0.1, 0.15) is 0 Å². The molecule has 2 saturated carbocycles. The molecule has 3 rings (SSSR count). The molecule has 80 valence electrons. The molecule has 0 spiro atoms. The summed E-state index contributed by atoms with van der Waals surface area (Å²) >= 11 is 0. The number of hydrogen-bond donors (Lipinski definition) is 1. The molecule has 3 aliphatic rings. The molecule has 1 unspecified atom stereocenters. The maximum atomic E-state index is 11.4. The average Bonchev–Trinajstić information content (AvgIpc) is 2.62. The van der Waals surface area contributed by atoms with Crippen LogP contribution in [0.4, 0.5) is 0 Å². The Bertz CT molecular complexity index is 322. The van der Waals surface area contributed by atoms with Gasteiger partial charge in [0.25, 0.3) is 0 Å². The van der Waals surface area contributed by atoms with Crippen molar-refractivity contribution >= 4 is 9.84 Å². The lowest BCUT2D eigenvalue weighted by molar-refractivity contribution is 0.0462. The largest absolute Gasteiger partial charge is 0.396 e. The highest BCUT2D eigenvalue weighted by atomic mass is 32.2. The minimum Gasteiger partial charge on any atom is -0.396 e. The second-order valence-corrected chi connectivity index (χ2v) is 7.41. The first kappa shape index (κ1) is 9.16. The van der Waals surface area contributed by atoms with E-state index >= 15 is 0 Å². The van der Waals surface area contributed by atoms with Gasteiger partial charge in [0.05, 0.1) is 11.5 Å². The topological polar surface area (TPSA) is 54.4 Å². The third-order valence-corrected chi connectivity index (χ3v) is 6.35. The van der Waals surface area contributed by atoms with E-state index in [2.05, 4.69) is 0 Å². The first-order valence-electron chi connectivity index (χ1n) is 5.42. The Morgan fingerprint density at radius 2 is 1.50 bits per heavy atom. The highest BCUT2D eigenvalue weighted by Gasteiger charge is 2.59. The van der Waals surface area contributed by atoms with E-state index in [0.717, 1.165) is 12.8 Å². The summed E-state index contributed by atoms with van der Waals surface area (Å²) in [6.45, 7) is 0.291. The fourth-order valence-electron chi connectivity index (χ4n) is 3.99. The van der Waals surface area contributed by atoms with Crippen LogP contribution in [0.2, 0.25) is 0 Å². The Kier molecular flexibility index (Phi) is 1.78. The van der Waals surface area contributed by atoms with Crippen molar-refractivity contribution in [2.45, 2.75) is 12.8 Å². The first-order chi connectivity index (χ1) is 6.61. The van der Waals surface area contributed by atoms with E-state index < -0.39 is 9.84 Å². The predicted molar refractivity (Wildman–Crippen MR) is 52.4 cm³/mol. The molecular formula is C10H16O3S. The molecular weight excluding hydrogens is 200 g/mol. The fraction of sp³-hybridized carbons (Fsp3) is 1.00. The minimum absolute atomic E-state index is 0.291. The molecule has 5 atom stereocenters. The summed E-state index contributed by atoms with van der Waals surface area (Å²) in [5.41, 5.74) is 0. The van der Waals surface area contributed by atoms with Gasteiger partial charge < -0.3 is 5.11 Å². The number of sulfone groups is 1. The van der Waals surface area contributed by atoms with E-state index in [1.807, 2.05) is 0 Å². The smallest absolute Gasteiger partial charge is 0.150 e. The number of fused-ring (bicyclic) bond motifs is 4. The number of rotatable bonds is 1. The SMILES string of the molecule is O=S1(=O)C[C@@H]2[C@H]3CC(CO)C[C@@H]3[C@@H]2C1. The van der Waals surface area contributed by atoms with Crippen LogP contribution in [0.3, 0.4) is 0 Å². The van der Waals surface area contributed by atoms with Crippen LogP contribution >= 0.6 is 0 Å². The van der Waals surface area contributed by atoms with Crippen molar-refractivity contribution in [3.05, 3.63) is 0 Å². The quantitative estimate of drug-likeness (QED) is 0.685. The molecule has 2 aliphatic carbocycles. The molecule has 0 aromatic carbocycles. The third kappa shape index (κ3) is 1.10. The van der Waals surface area contributed by atoms with Gasteiger partial charge in [-0.2, -0.15) is 0 Å². The summed E-state index contributed by atoms with van der Waals surface area (Å²) in [6, 6.07) is 0. The molecule has 3 fully saturated rings. The predicted octanol–water partition coefficient (Wildman–Crippen LogP) is 0.295. The lowest BCUT2D eigenvalue weighted by Gasteiger charge is -2.44. The number of hydrogen-bond acceptors (Lipinski definition) is 3. The van der Waals surface area contributed by atoms with Gasteiger partial charge in [0, 0.05) is 6.61 Å². The number of aliphatic hydroxyl groups excluding tert-OH is 1. The maximum Gasteiger partial charge on any atom is 0.150 e. The van der Waals surface area contributed by atoms with Crippen molar-refractivity contribution in [1.29, 1.82) is 0 Å². The van der Waals surface area contributed by atoms with Crippen LogP contribution in [0, 0.1) is 29.6 Å². The zero-order chi connectivity index (χ0) is 9.92. The molecule has 1 saturated heterocycles. The van der Waals surface area contributed by atoms with E-state index in [-0.39, 0.29) is 0 Å². The van der Waals surface area contributed by atoms with Crippen LogP contribution in [0.15, 0.2) is 0 Å². The second kappa shape index (κ2) is 2.73. The van der Waals surface area contributed by atoms with E-state index in [1.54, 1.807) is 0 Å². The molecule has 0 radical (unpaired) electrons. The van der Waals surface area contributed by atoms with Gasteiger partial charge in [-0.3, -0.25) is 0 Å². The zero-order valence-corrected chi connectivity index (χ0v) is 8.91. The molecule has 1 aliphatic heterocycles. The van der Waals surface area contributed by atoms with Crippen LogP contribution in [-0.4, -0.2) is 31.6 Å². The first-order valence-corrected chi connectivity index (χ1v) is 7.24. The standard InChI is InChI=1S/C10H16O3S/c11-3-6-1-7-8(2-6)10-5-14(12,13)4-9(7)10/h6-11H,1-5H2/t6?,7-,8-,9-,10+/m0/s1. The summed E-state index contributed by atoms with van der Waals surface area (Å²) in [5, 5.41) is 9.08. The summed E-state index contributed by atoms with van der Waals surface area (Å²) in [5.74, 6) is 3.44. The highest BCUT2D eigenvalue weighted by molar-refractivity contribution is 7.91. The fourth-order valence-corrected chi connectivity index (χ4v) is 6.29. The Balaban J connectivity index is 1.78. The van der Waals surface area contributed by atoms with Crippen LogP contribution in [-0.2, 0) is 9.84 Å². The molecule has 0 amide bonds. The minimum atomic E-state index is -2.71. The van der Waals surface area contributed by atoms with Crippen molar-refractivity contribution < 1.29 is 13.5 Å². The number of aliphatic hydroxyl groups is 1. The van der Waals surface area contributed by atoms with Crippen LogP contribution in [0.25, 0.3) is 0 Å². The lowest BCUT2D eigenvalue weighted by atomic mass is 9.60. The third-order valence-electron chi connectivity index (χ3n) is 4.56. The summed E-state index contributed by atoms with van der Waals surface area (Å²) in [4.78, 5) is 0. The van der Waals surface area contributed by atoms with E-state index in [9.17, 15) is 8.42 Å². The highest BCUT2D eigenvalue weighted by Crippen LogP contribution is 2.60. The second-order valence-electron chi connectivity index (χ2n) is 5.25. The Hall–Kier alpha value is -0.0900. The van der Waals surface area contributed by atoms with Gasteiger partial charge in [-0.1, -0.05) is 0 Å². The Morgan fingerprint density at radius 1 is 1.00 bits per heavy atom. The van der Waals surface area contributed by atoms with Gasteiger partial charge in [-0.05, 0) is 42.4 Å². The summed E-state index contributed by atoms with van der Waals surface area (Å²) < 4.78 is 22.8. The van der Waals surface area contributed by atoms with Crippen molar-refractivity contribution in [2.24, 2.45) is 29.6 Å². The molecule has 0 aromatic rings. The van der Waals surface area contributed by atoms with E-state index in [1.165, 1.54) is 0 Å². The van der Waals surface area contributed by atoms with E-state index in [0.29, 0.717) is 47.7 Å². The van der Waals surface area contributed by atoms with Crippen LogP contribution in [0.1, 0.15) is 12.8 Å². The normalized spacial score (nSPS) is 53.6. The monoisotopic (exact) mass is 216 g/mol. The van der Waals surface area contributed by atoms with E-state index in [4.69, 9.17) is 5.11 Å².